The van der Waals surface area contributed by atoms with Crippen molar-refractivity contribution in [1.29, 1.82) is 0 Å². The van der Waals surface area contributed by atoms with E-state index in [0.29, 0.717) is 30.5 Å². The number of Topliss-reactive ketones (excluding diaryl/α,β-unsaturated/α-hetero) is 1. The van der Waals surface area contributed by atoms with Crippen LogP contribution in [0.2, 0.25) is 0 Å². The molecule has 3 amide bonds. The molecular weight excluding hydrogens is 392 g/mol. The van der Waals surface area contributed by atoms with Gasteiger partial charge in [-0.15, -0.1) is 0 Å². The molecule has 2 N–H and O–H groups in total. The highest BCUT2D eigenvalue weighted by atomic mass is 16.2. The Morgan fingerprint density at radius 1 is 1.00 bits per heavy atom. The second kappa shape index (κ2) is 9.25. The van der Waals surface area contributed by atoms with E-state index in [-0.39, 0.29) is 36.3 Å². The molecule has 0 bridgehead atoms. The number of carbonyl (C=O) groups excluding carboxylic acids is 4. The monoisotopic (exact) mass is 420 g/mol. The van der Waals surface area contributed by atoms with Crippen LogP contribution in [-0.2, 0) is 19.8 Å². The number of imide groups is 1. The first-order valence-electron chi connectivity index (χ1n) is 10.6. The van der Waals surface area contributed by atoms with Crippen molar-refractivity contribution in [3.63, 3.8) is 0 Å². The van der Waals surface area contributed by atoms with E-state index in [0.717, 1.165) is 16.7 Å². The van der Waals surface area contributed by atoms with Gasteiger partial charge in [-0.2, -0.15) is 0 Å². The molecule has 1 unspecified atom stereocenters. The van der Waals surface area contributed by atoms with Gasteiger partial charge >= 0.3 is 0 Å². The number of amides is 3. The van der Waals surface area contributed by atoms with E-state index in [4.69, 9.17) is 0 Å². The van der Waals surface area contributed by atoms with Gasteiger partial charge in [0.15, 0.2) is 5.78 Å². The van der Waals surface area contributed by atoms with Gasteiger partial charge in [0.2, 0.25) is 17.7 Å². The number of ketones is 1. The van der Waals surface area contributed by atoms with Gasteiger partial charge in [-0.05, 0) is 61.6 Å². The summed E-state index contributed by atoms with van der Waals surface area (Å²) in [6.07, 6.45) is 1.60. The SMILES string of the molecule is CCC1(c2ccc(NC(=O)CCC(=O)c3ccc(C)c(C)c3)cc2)CCC(=O)NC1=O. The third kappa shape index (κ3) is 4.90. The first-order chi connectivity index (χ1) is 14.7. The molecule has 1 aliphatic heterocycles. The third-order valence-corrected chi connectivity index (χ3v) is 6.20. The molecule has 1 aliphatic rings. The molecule has 31 heavy (non-hydrogen) atoms. The Labute approximate surface area is 182 Å². The van der Waals surface area contributed by atoms with Crippen molar-refractivity contribution >= 4 is 29.2 Å². The van der Waals surface area contributed by atoms with Crippen molar-refractivity contribution in [2.45, 2.75) is 58.3 Å². The predicted octanol–water partition coefficient (Wildman–Crippen LogP) is 3.99. The van der Waals surface area contributed by atoms with E-state index < -0.39 is 5.41 Å². The molecule has 1 heterocycles. The summed E-state index contributed by atoms with van der Waals surface area (Å²) >= 11 is 0. The van der Waals surface area contributed by atoms with Gasteiger partial charge in [-0.25, -0.2) is 0 Å². The summed E-state index contributed by atoms with van der Waals surface area (Å²) in [7, 11) is 0. The fourth-order valence-electron chi connectivity index (χ4n) is 3.95. The fourth-order valence-corrected chi connectivity index (χ4v) is 3.95. The Balaban J connectivity index is 1.59. The van der Waals surface area contributed by atoms with Crippen LogP contribution in [0.3, 0.4) is 0 Å². The van der Waals surface area contributed by atoms with Gasteiger partial charge in [-0.1, -0.05) is 31.2 Å². The molecular formula is C25H28N2O4. The number of aryl methyl sites for hydroxylation is 2. The number of hydrogen-bond donors (Lipinski definition) is 2. The highest BCUT2D eigenvalue weighted by molar-refractivity contribution is 6.03. The predicted molar refractivity (Wildman–Crippen MR) is 119 cm³/mol. The molecule has 2 aromatic rings. The number of nitrogens with one attached hydrogen (secondary N) is 2. The molecule has 1 fully saturated rings. The van der Waals surface area contributed by atoms with E-state index in [1.807, 2.05) is 45.0 Å². The van der Waals surface area contributed by atoms with Crippen molar-refractivity contribution in [2.24, 2.45) is 0 Å². The van der Waals surface area contributed by atoms with Crippen molar-refractivity contribution in [3.05, 3.63) is 64.7 Å². The second-order valence-corrected chi connectivity index (χ2v) is 8.16. The first-order valence-corrected chi connectivity index (χ1v) is 10.6. The smallest absolute Gasteiger partial charge is 0.237 e. The zero-order valence-corrected chi connectivity index (χ0v) is 18.2. The third-order valence-electron chi connectivity index (χ3n) is 6.20. The van der Waals surface area contributed by atoms with Crippen LogP contribution in [0.1, 0.15) is 66.1 Å². The summed E-state index contributed by atoms with van der Waals surface area (Å²) in [6.45, 7) is 5.88. The number of hydrogen-bond acceptors (Lipinski definition) is 4. The van der Waals surface area contributed by atoms with Crippen LogP contribution in [0.15, 0.2) is 42.5 Å². The van der Waals surface area contributed by atoms with Gasteiger partial charge < -0.3 is 5.32 Å². The van der Waals surface area contributed by atoms with Gasteiger partial charge in [0.25, 0.3) is 0 Å². The van der Waals surface area contributed by atoms with Crippen molar-refractivity contribution in [3.8, 4) is 0 Å². The van der Waals surface area contributed by atoms with Gasteiger partial charge in [0.05, 0.1) is 5.41 Å². The largest absolute Gasteiger partial charge is 0.326 e. The summed E-state index contributed by atoms with van der Waals surface area (Å²) < 4.78 is 0. The fraction of sp³-hybridized carbons (Fsp3) is 0.360. The van der Waals surface area contributed by atoms with Crippen molar-refractivity contribution in [1.82, 2.24) is 5.32 Å². The Morgan fingerprint density at radius 2 is 1.71 bits per heavy atom. The lowest BCUT2D eigenvalue weighted by Crippen LogP contribution is -2.51. The Morgan fingerprint density at radius 3 is 2.32 bits per heavy atom. The zero-order chi connectivity index (χ0) is 22.6. The lowest BCUT2D eigenvalue weighted by Gasteiger charge is -2.35. The van der Waals surface area contributed by atoms with Crippen LogP contribution in [0.4, 0.5) is 5.69 Å². The molecule has 0 radical (unpaired) electrons. The summed E-state index contributed by atoms with van der Waals surface area (Å²) in [5, 5.41) is 5.24. The lowest BCUT2D eigenvalue weighted by molar-refractivity contribution is -0.138. The van der Waals surface area contributed by atoms with Gasteiger partial charge in [0.1, 0.15) is 0 Å². The van der Waals surface area contributed by atoms with E-state index in [1.165, 1.54) is 0 Å². The maximum Gasteiger partial charge on any atom is 0.237 e. The minimum absolute atomic E-state index is 0.0589. The molecule has 0 aliphatic carbocycles. The quantitative estimate of drug-likeness (QED) is 0.523. The van der Waals surface area contributed by atoms with E-state index in [9.17, 15) is 19.2 Å². The molecule has 2 aromatic carbocycles. The standard InChI is InChI=1S/C25H28N2O4/c1-4-25(14-13-23(30)27-24(25)31)19-7-9-20(10-8-19)26-22(29)12-11-21(28)18-6-5-16(2)17(3)15-18/h5-10,15H,4,11-14H2,1-3H3,(H,26,29)(H,27,30,31). The molecule has 162 valence electrons. The minimum atomic E-state index is -0.727. The number of carbonyl (C=O) groups is 4. The molecule has 1 saturated heterocycles. The van der Waals surface area contributed by atoms with Crippen LogP contribution in [0.25, 0.3) is 0 Å². The molecule has 6 heteroatoms. The maximum absolute atomic E-state index is 12.5. The van der Waals surface area contributed by atoms with E-state index in [2.05, 4.69) is 10.6 Å². The average Bonchev–Trinajstić information content (AvgIpc) is 2.75. The van der Waals surface area contributed by atoms with Crippen LogP contribution >= 0.6 is 0 Å². The highest BCUT2D eigenvalue weighted by Gasteiger charge is 2.42. The molecule has 0 spiro atoms. The molecule has 3 rings (SSSR count). The summed E-state index contributed by atoms with van der Waals surface area (Å²) in [5.41, 5.74) is 3.49. The van der Waals surface area contributed by atoms with Crippen molar-refractivity contribution < 1.29 is 19.2 Å². The van der Waals surface area contributed by atoms with Crippen LogP contribution in [0.5, 0.6) is 0 Å². The number of rotatable bonds is 7. The van der Waals surface area contributed by atoms with Gasteiger partial charge in [-0.3, -0.25) is 24.5 Å². The average molecular weight is 421 g/mol. The Kier molecular flexibility index (Phi) is 6.68. The second-order valence-electron chi connectivity index (χ2n) is 8.16. The molecule has 6 nitrogen and oxygen atoms in total. The Bertz CT molecular complexity index is 1030. The van der Waals surface area contributed by atoms with E-state index >= 15 is 0 Å². The number of piperidine rings is 1. The van der Waals surface area contributed by atoms with Crippen LogP contribution < -0.4 is 10.6 Å². The highest BCUT2D eigenvalue weighted by Crippen LogP contribution is 2.36. The summed E-state index contributed by atoms with van der Waals surface area (Å²) in [5.74, 6) is -0.811. The summed E-state index contributed by atoms with van der Waals surface area (Å²) in [6, 6.07) is 12.7. The van der Waals surface area contributed by atoms with E-state index in [1.54, 1.807) is 18.2 Å². The molecule has 1 atom stereocenters. The van der Waals surface area contributed by atoms with Gasteiger partial charge in [0, 0.05) is 30.5 Å². The number of benzene rings is 2. The maximum atomic E-state index is 12.5. The Hall–Kier alpha value is -3.28. The zero-order valence-electron chi connectivity index (χ0n) is 18.2. The summed E-state index contributed by atoms with van der Waals surface area (Å²) in [4.78, 5) is 48.7. The van der Waals surface area contributed by atoms with Crippen LogP contribution in [0, 0.1) is 13.8 Å². The topological polar surface area (TPSA) is 92.3 Å². The lowest BCUT2D eigenvalue weighted by atomic mass is 9.72. The van der Waals surface area contributed by atoms with Crippen molar-refractivity contribution in [2.75, 3.05) is 5.32 Å². The molecule has 0 aromatic heterocycles. The molecule has 0 saturated carbocycles. The van der Waals surface area contributed by atoms with Crippen LogP contribution in [-0.4, -0.2) is 23.5 Å². The minimum Gasteiger partial charge on any atom is -0.326 e. The number of anilines is 1. The normalized spacial score (nSPS) is 18.4. The first kappa shape index (κ1) is 22.4.